The number of nitrogens with zero attached hydrogens (tertiary/aromatic N) is 2. The molecule has 1 aromatic carbocycles. The van der Waals surface area contributed by atoms with Crippen molar-refractivity contribution in [1.29, 1.82) is 0 Å². The summed E-state index contributed by atoms with van der Waals surface area (Å²) in [6, 6.07) is 6.75. The molecule has 1 unspecified atom stereocenters. The lowest BCUT2D eigenvalue weighted by atomic mass is 10.1. The molecule has 0 aliphatic carbocycles. The number of halogens is 1. The van der Waals surface area contributed by atoms with Gasteiger partial charge in [-0.1, -0.05) is 24.6 Å². The second-order valence-electron chi connectivity index (χ2n) is 5.97. The van der Waals surface area contributed by atoms with Gasteiger partial charge in [-0.2, -0.15) is 0 Å². The predicted octanol–water partition coefficient (Wildman–Crippen LogP) is 3.79. The molecule has 1 atom stereocenters. The SMILES string of the molecule is CCCNC(C)c1ccc(N(C)CCCN(C)C)c(Cl)c1. The van der Waals surface area contributed by atoms with Crippen molar-refractivity contribution in [2.24, 2.45) is 0 Å². The molecule has 120 valence electrons. The van der Waals surface area contributed by atoms with Gasteiger partial charge in [0.05, 0.1) is 10.7 Å². The van der Waals surface area contributed by atoms with Crippen molar-refractivity contribution < 1.29 is 0 Å². The smallest absolute Gasteiger partial charge is 0.0642 e. The Balaban J connectivity index is 2.64. The Labute approximate surface area is 135 Å². The summed E-state index contributed by atoms with van der Waals surface area (Å²) in [6.45, 7) is 7.50. The molecule has 0 fully saturated rings. The van der Waals surface area contributed by atoms with Crippen LogP contribution in [-0.2, 0) is 0 Å². The molecule has 21 heavy (non-hydrogen) atoms. The van der Waals surface area contributed by atoms with E-state index in [-0.39, 0.29) is 0 Å². The van der Waals surface area contributed by atoms with E-state index in [9.17, 15) is 0 Å². The second-order valence-corrected chi connectivity index (χ2v) is 6.37. The van der Waals surface area contributed by atoms with E-state index in [1.807, 2.05) is 0 Å². The van der Waals surface area contributed by atoms with E-state index < -0.39 is 0 Å². The van der Waals surface area contributed by atoms with Crippen LogP contribution < -0.4 is 10.2 Å². The molecular formula is C17H30ClN3. The van der Waals surface area contributed by atoms with Gasteiger partial charge in [0.1, 0.15) is 0 Å². The molecule has 0 radical (unpaired) electrons. The highest BCUT2D eigenvalue weighted by molar-refractivity contribution is 6.33. The molecule has 0 aliphatic heterocycles. The molecule has 0 amide bonds. The van der Waals surface area contributed by atoms with E-state index in [1.54, 1.807) is 0 Å². The molecule has 3 nitrogen and oxygen atoms in total. The maximum atomic E-state index is 6.46. The van der Waals surface area contributed by atoms with Crippen molar-refractivity contribution in [3.8, 4) is 0 Å². The van der Waals surface area contributed by atoms with Crippen LogP contribution in [0.25, 0.3) is 0 Å². The second kappa shape index (κ2) is 9.29. The van der Waals surface area contributed by atoms with Gasteiger partial charge in [-0.25, -0.2) is 0 Å². The van der Waals surface area contributed by atoms with Gasteiger partial charge >= 0.3 is 0 Å². The third-order valence-corrected chi connectivity index (χ3v) is 3.99. The van der Waals surface area contributed by atoms with Gasteiger partial charge in [0.2, 0.25) is 0 Å². The maximum Gasteiger partial charge on any atom is 0.0642 e. The summed E-state index contributed by atoms with van der Waals surface area (Å²) in [5.41, 5.74) is 2.36. The Kier molecular flexibility index (Phi) is 8.09. The standard InChI is InChI=1S/C17H30ClN3/c1-6-10-19-14(2)15-8-9-17(16(18)13-15)21(5)12-7-11-20(3)4/h8-9,13-14,19H,6-7,10-12H2,1-5H3. The minimum atomic E-state index is 0.343. The Morgan fingerprint density at radius 2 is 1.90 bits per heavy atom. The summed E-state index contributed by atoms with van der Waals surface area (Å²) < 4.78 is 0. The Morgan fingerprint density at radius 1 is 1.19 bits per heavy atom. The fraction of sp³-hybridized carbons (Fsp3) is 0.647. The predicted molar refractivity (Wildman–Crippen MR) is 94.6 cm³/mol. The van der Waals surface area contributed by atoms with Crippen LogP contribution >= 0.6 is 11.6 Å². The van der Waals surface area contributed by atoms with Gasteiger partial charge in [-0.05, 0) is 64.6 Å². The van der Waals surface area contributed by atoms with Gasteiger partial charge in [-0.15, -0.1) is 0 Å². The lowest BCUT2D eigenvalue weighted by Gasteiger charge is -2.23. The van der Waals surface area contributed by atoms with Crippen LogP contribution in [0.4, 0.5) is 5.69 Å². The van der Waals surface area contributed by atoms with E-state index in [4.69, 9.17) is 11.6 Å². The van der Waals surface area contributed by atoms with Crippen LogP contribution in [0.15, 0.2) is 18.2 Å². The zero-order chi connectivity index (χ0) is 15.8. The molecule has 0 bridgehead atoms. The van der Waals surface area contributed by atoms with Crippen molar-refractivity contribution in [2.75, 3.05) is 45.7 Å². The van der Waals surface area contributed by atoms with Crippen LogP contribution in [0.3, 0.4) is 0 Å². The summed E-state index contributed by atoms with van der Waals surface area (Å²) >= 11 is 6.46. The van der Waals surface area contributed by atoms with Crippen LogP contribution in [-0.4, -0.2) is 45.7 Å². The average molecular weight is 312 g/mol. The largest absolute Gasteiger partial charge is 0.373 e. The highest BCUT2D eigenvalue weighted by Crippen LogP contribution is 2.28. The van der Waals surface area contributed by atoms with Crippen molar-refractivity contribution in [3.63, 3.8) is 0 Å². The molecule has 0 aromatic heterocycles. The summed E-state index contributed by atoms with van der Waals surface area (Å²) in [5.74, 6) is 0. The fourth-order valence-electron chi connectivity index (χ4n) is 2.33. The number of nitrogens with one attached hydrogen (secondary N) is 1. The monoisotopic (exact) mass is 311 g/mol. The van der Waals surface area contributed by atoms with E-state index >= 15 is 0 Å². The highest BCUT2D eigenvalue weighted by Gasteiger charge is 2.10. The average Bonchev–Trinajstić information content (AvgIpc) is 2.43. The van der Waals surface area contributed by atoms with E-state index in [0.29, 0.717) is 6.04 Å². The number of rotatable bonds is 9. The molecule has 1 rings (SSSR count). The molecule has 4 heteroatoms. The van der Waals surface area contributed by atoms with Crippen LogP contribution in [0, 0.1) is 0 Å². The summed E-state index contributed by atoms with van der Waals surface area (Å²) in [5, 5.41) is 4.33. The molecule has 0 aliphatic rings. The minimum Gasteiger partial charge on any atom is -0.373 e. The van der Waals surface area contributed by atoms with E-state index in [2.05, 4.69) is 68.3 Å². The quantitative estimate of drug-likeness (QED) is 0.748. The summed E-state index contributed by atoms with van der Waals surface area (Å²) in [6.07, 6.45) is 2.28. The van der Waals surface area contributed by atoms with Crippen molar-refractivity contribution >= 4 is 17.3 Å². The van der Waals surface area contributed by atoms with Gasteiger partial charge in [0.25, 0.3) is 0 Å². The Morgan fingerprint density at radius 3 is 2.48 bits per heavy atom. The third-order valence-electron chi connectivity index (χ3n) is 3.68. The first kappa shape index (κ1) is 18.3. The number of anilines is 1. The molecule has 0 heterocycles. The first-order valence-electron chi connectivity index (χ1n) is 7.84. The minimum absolute atomic E-state index is 0.343. The Bertz CT molecular complexity index is 420. The van der Waals surface area contributed by atoms with Gasteiger partial charge < -0.3 is 15.1 Å². The van der Waals surface area contributed by atoms with Crippen LogP contribution in [0.1, 0.15) is 38.3 Å². The lowest BCUT2D eigenvalue weighted by Crippen LogP contribution is -2.24. The van der Waals surface area contributed by atoms with Crippen LogP contribution in [0.2, 0.25) is 5.02 Å². The first-order chi connectivity index (χ1) is 9.95. The third kappa shape index (κ3) is 6.25. The zero-order valence-corrected chi connectivity index (χ0v) is 14.9. The molecule has 0 saturated heterocycles. The molecule has 0 spiro atoms. The molecule has 1 aromatic rings. The number of hydrogen-bond acceptors (Lipinski definition) is 3. The summed E-state index contributed by atoms with van der Waals surface area (Å²) in [7, 11) is 6.31. The topological polar surface area (TPSA) is 18.5 Å². The number of benzene rings is 1. The normalized spacial score (nSPS) is 12.7. The molecule has 1 N–H and O–H groups in total. The van der Waals surface area contributed by atoms with Crippen molar-refractivity contribution in [1.82, 2.24) is 10.2 Å². The van der Waals surface area contributed by atoms with E-state index in [0.717, 1.165) is 43.2 Å². The van der Waals surface area contributed by atoms with E-state index in [1.165, 1.54) is 5.56 Å². The Hall–Kier alpha value is -0.770. The molecule has 0 saturated carbocycles. The number of hydrogen-bond donors (Lipinski definition) is 1. The lowest BCUT2D eigenvalue weighted by molar-refractivity contribution is 0.401. The maximum absolute atomic E-state index is 6.46. The highest BCUT2D eigenvalue weighted by atomic mass is 35.5. The van der Waals surface area contributed by atoms with Crippen molar-refractivity contribution in [2.45, 2.75) is 32.7 Å². The van der Waals surface area contributed by atoms with Gasteiger partial charge in [0, 0.05) is 19.6 Å². The van der Waals surface area contributed by atoms with Gasteiger partial charge in [-0.3, -0.25) is 0 Å². The summed E-state index contributed by atoms with van der Waals surface area (Å²) in [4.78, 5) is 4.44. The molecular weight excluding hydrogens is 282 g/mol. The first-order valence-corrected chi connectivity index (χ1v) is 8.22. The zero-order valence-electron chi connectivity index (χ0n) is 14.1. The fourth-order valence-corrected chi connectivity index (χ4v) is 2.66. The van der Waals surface area contributed by atoms with Crippen LogP contribution in [0.5, 0.6) is 0 Å². The van der Waals surface area contributed by atoms with Crippen molar-refractivity contribution in [3.05, 3.63) is 28.8 Å². The van der Waals surface area contributed by atoms with Gasteiger partial charge in [0.15, 0.2) is 0 Å².